The minimum Gasteiger partial charge on any atom is -0.457 e. The van der Waals surface area contributed by atoms with Crippen molar-refractivity contribution < 1.29 is 14.3 Å². The zero-order valence-electron chi connectivity index (χ0n) is 23.8. The molecule has 0 radical (unpaired) electrons. The Bertz CT molecular complexity index is 1820. The molecule has 0 unspecified atom stereocenters. The molecule has 2 aromatic carbocycles. The molecular weight excluding hydrogens is 560 g/mol. The van der Waals surface area contributed by atoms with Crippen LogP contribution >= 0.6 is 0 Å². The number of amides is 3. The number of nitrogen functional groups attached to an aromatic ring is 1. The van der Waals surface area contributed by atoms with E-state index in [0.29, 0.717) is 30.2 Å². The Morgan fingerprint density at radius 1 is 0.955 bits per heavy atom. The lowest BCUT2D eigenvalue weighted by molar-refractivity contribution is -0.120. The molecule has 5 heterocycles. The van der Waals surface area contributed by atoms with Crippen LogP contribution in [0.25, 0.3) is 22.3 Å². The number of hydrogen-bond donors (Lipinski definition) is 2. The van der Waals surface area contributed by atoms with E-state index < -0.39 is 6.03 Å². The Kier molecular flexibility index (Phi) is 7.28. The van der Waals surface area contributed by atoms with Crippen molar-refractivity contribution in [3.8, 4) is 22.8 Å². The lowest BCUT2D eigenvalue weighted by atomic mass is 10.0. The first-order valence-electron chi connectivity index (χ1n) is 14.5. The van der Waals surface area contributed by atoms with Crippen LogP contribution in [-0.4, -0.2) is 66.4 Å². The number of carbonyl (C=O) groups is 2. The van der Waals surface area contributed by atoms with Gasteiger partial charge in [0.2, 0.25) is 5.91 Å². The highest BCUT2D eigenvalue weighted by atomic mass is 16.5. The van der Waals surface area contributed by atoms with E-state index in [0.717, 1.165) is 59.8 Å². The van der Waals surface area contributed by atoms with E-state index in [2.05, 4.69) is 30.4 Å². The van der Waals surface area contributed by atoms with E-state index in [9.17, 15) is 9.59 Å². The zero-order chi connectivity index (χ0) is 30.0. The number of nitrogens with two attached hydrogens (primary N) is 1. The molecule has 0 atom stereocenters. The summed E-state index contributed by atoms with van der Waals surface area (Å²) in [6, 6.07) is 19.0. The highest BCUT2D eigenvalue weighted by Crippen LogP contribution is 2.35. The zero-order valence-corrected chi connectivity index (χ0v) is 23.8. The third-order valence-electron chi connectivity index (χ3n) is 7.97. The van der Waals surface area contributed by atoms with Gasteiger partial charge in [-0.1, -0.05) is 18.2 Å². The molecule has 0 aliphatic carbocycles. The highest BCUT2D eigenvalue weighted by Gasteiger charge is 2.28. The largest absolute Gasteiger partial charge is 0.457 e. The van der Waals surface area contributed by atoms with Crippen LogP contribution in [0, 0.1) is 0 Å². The molecule has 3 N–H and O–H groups in total. The van der Waals surface area contributed by atoms with Crippen LogP contribution in [0.2, 0.25) is 0 Å². The van der Waals surface area contributed by atoms with E-state index >= 15 is 0 Å². The van der Waals surface area contributed by atoms with Crippen molar-refractivity contribution in [2.24, 2.45) is 0 Å². The molecule has 2 saturated heterocycles. The van der Waals surface area contributed by atoms with E-state index in [-0.39, 0.29) is 18.4 Å². The molecule has 0 spiro atoms. The Morgan fingerprint density at radius 3 is 2.50 bits per heavy atom. The topological polar surface area (TPSA) is 157 Å². The monoisotopic (exact) mass is 590 g/mol. The van der Waals surface area contributed by atoms with Crippen LogP contribution < -0.4 is 20.7 Å². The second-order valence-corrected chi connectivity index (χ2v) is 10.9. The number of imide groups is 1. The summed E-state index contributed by atoms with van der Waals surface area (Å²) in [5, 5.41) is 16.5. The summed E-state index contributed by atoms with van der Waals surface area (Å²) >= 11 is 0. The van der Waals surface area contributed by atoms with Crippen LogP contribution in [0.3, 0.4) is 0 Å². The predicted octanol–water partition coefficient (Wildman–Crippen LogP) is 3.94. The van der Waals surface area contributed by atoms with Gasteiger partial charge in [-0.3, -0.25) is 19.9 Å². The Morgan fingerprint density at radius 2 is 1.73 bits per heavy atom. The lowest BCUT2D eigenvalue weighted by Crippen LogP contribution is -2.49. The van der Waals surface area contributed by atoms with Crippen molar-refractivity contribution in [3.05, 3.63) is 78.9 Å². The number of urea groups is 1. The first-order chi connectivity index (χ1) is 21.5. The van der Waals surface area contributed by atoms with Crippen LogP contribution in [0.15, 0.2) is 73.2 Å². The van der Waals surface area contributed by atoms with E-state index in [4.69, 9.17) is 15.6 Å². The number of carbonyl (C=O) groups excluding carboxylic acids is 2. The molecule has 0 bridgehead atoms. The fourth-order valence-electron chi connectivity index (χ4n) is 5.74. The van der Waals surface area contributed by atoms with E-state index in [1.807, 2.05) is 65.3 Å². The molecule has 2 fully saturated rings. The van der Waals surface area contributed by atoms with Crippen LogP contribution in [0.4, 0.5) is 16.3 Å². The van der Waals surface area contributed by atoms with E-state index in [1.165, 1.54) is 11.2 Å². The number of rotatable bonds is 7. The van der Waals surface area contributed by atoms with Gasteiger partial charge in [0.05, 0.1) is 29.0 Å². The number of hydrogen-bond acceptors (Lipinski definition) is 10. The molecule has 2 aliphatic rings. The molecule has 13 heteroatoms. The molecule has 13 nitrogen and oxygen atoms in total. The minimum absolute atomic E-state index is 0.129. The van der Waals surface area contributed by atoms with Crippen molar-refractivity contribution in [1.82, 2.24) is 40.2 Å². The summed E-state index contributed by atoms with van der Waals surface area (Å²) in [4.78, 5) is 36.5. The quantitative estimate of drug-likeness (QED) is 0.284. The number of anilines is 2. The van der Waals surface area contributed by atoms with Gasteiger partial charge >= 0.3 is 6.03 Å². The number of nitrogens with one attached hydrogen (secondary N) is 1. The third kappa shape index (κ3) is 5.52. The molecule has 222 valence electrons. The van der Waals surface area contributed by atoms with Gasteiger partial charge in [-0.2, -0.15) is 15.3 Å². The summed E-state index contributed by atoms with van der Waals surface area (Å²) in [6.07, 6.45) is 4.99. The lowest BCUT2D eigenvalue weighted by Gasteiger charge is -2.32. The SMILES string of the molecule is Nc1ncnc2c1c(-c1ccc(Oc3ccccc3)cc1)nn2C1CCN(Cc2cc(N3CCC(=O)NC3=O)cnn2)CC1. The fraction of sp³-hybridized carbons (Fsp3) is 0.258. The number of piperidine rings is 1. The number of benzene rings is 2. The van der Waals surface area contributed by atoms with Crippen molar-refractivity contribution >= 4 is 34.5 Å². The molecule has 5 aromatic rings. The van der Waals surface area contributed by atoms with Crippen molar-refractivity contribution in [2.75, 3.05) is 30.3 Å². The number of fused-ring (bicyclic) bond motifs is 1. The summed E-state index contributed by atoms with van der Waals surface area (Å²) in [5.41, 5.74) is 10.1. The molecule has 2 aliphatic heterocycles. The molecular formula is C31H30N10O3. The second kappa shape index (κ2) is 11.7. The Balaban J connectivity index is 1.06. The minimum atomic E-state index is -0.437. The van der Waals surface area contributed by atoms with Crippen molar-refractivity contribution in [2.45, 2.75) is 31.8 Å². The summed E-state index contributed by atoms with van der Waals surface area (Å²) in [5.74, 6) is 1.62. The van der Waals surface area contributed by atoms with Gasteiger partial charge < -0.3 is 10.5 Å². The average molecular weight is 591 g/mol. The fourth-order valence-corrected chi connectivity index (χ4v) is 5.74. The first kappa shape index (κ1) is 27.4. The van der Waals surface area contributed by atoms with Gasteiger partial charge in [-0.05, 0) is 55.3 Å². The maximum atomic E-state index is 12.3. The highest BCUT2D eigenvalue weighted by molar-refractivity contribution is 6.05. The third-order valence-corrected chi connectivity index (χ3v) is 7.97. The maximum Gasteiger partial charge on any atom is 0.328 e. The van der Waals surface area contributed by atoms with Crippen LogP contribution in [0.1, 0.15) is 31.0 Å². The van der Waals surface area contributed by atoms with Gasteiger partial charge in [0, 0.05) is 38.2 Å². The number of nitrogens with zero attached hydrogens (tertiary/aromatic N) is 8. The molecule has 0 saturated carbocycles. The summed E-state index contributed by atoms with van der Waals surface area (Å²) in [6.45, 7) is 2.55. The number of para-hydroxylation sites is 1. The van der Waals surface area contributed by atoms with Gasteiger partial charge in [0.1, 0.15) is 29.3 Å². The summed E-state index contributed by atoms with van der Waals surface area (Å²) in [7, 11) is 0. The van der Waals surface area contributed by atoms with Gasteiger partial charge in [-0.15, -0.1) is 0 Å². The second-order valence-electron chi connectivity index (χ2n) is 10.9. The number of aromatic nitrogens is 6. The van der Waals surface area contributed by atoms with Gasteiger partial charge in [-0.25, -0.2) is 19.4 Å². The predicted molar refractivity (Wildman–Crippen MR) is 163 cm³/mol. The van der Waals surface area contributed by atoms with Crippen molar-refractivity contribution in [1.29, 1.82) is 0 Å². The normalized spacial score (nSPS) is 16.3. The molecule has 7 rings (SSSR count). The summed E-state index contributed by atoms with van der Waals surface area (Å²) < 4.78 is 7.95. The van der Waals surface area contributed by atoms with Crippen LogP contribution in [0.5, 0.6) is 11.5 Å². The number of likely N-dealkylation sites (tertiary alicyclic amines) is 1. The molecule has 3 amide bonds. The maximum absolute atomic E-state index is 12.3. The average Bonchev–Trinajstić information content (AvgIpc) is 3.43. The Labute approximate surface area is 252 Å². The van der Waals surface area contributed by atoms with E-state index in [1.54, 1.807) is 6.20 Å². The van der Waals surface area contributed by atoms with Crippen LogP contribution in [-0.2, 0) is 11.3 Å². The van der Waals surface area contributed by atoms with Crippen molar-refractivity contribution in [3.63, 3.8) is 0 Å². The standard InChI is InChI=1S/C31H30N10O3/c32-29-27-28(20-6-8-25(9-7-20)44-24-4-2-1-3-5-24)38-41(30(27)34-19-33-29)22-10-13-39(14-11-22)18-21-16-23(17-35-37-21)40-15-12-26(42)36-31(40)43/h1-9,16-17,19,22H,10-15,18H2,(H2,32,33,34)(H,36,42,43). The Hall–Kier alpha value is -5.43. The smallest absolute Gasteiger partial charge is 0.328 e. The first-order valence-corrected chi connectivity index (χ1v) is 14.5. The number of ether oxygens (including phenoxy) is 1. The van der Waals surface area contributed by atoms with Gasteiger partial charge in [0.15, 0.2) is 5.65 Å². The van der Waals surface area contributed by atoms with Gasteiger partial charge in [0.25, 0.3) is 0 Å². The molecule has 44 heavy (non-hydrogen) atoms. The molecule has 3 aromatic heterocycles.